The molecule has 0 spiro atoms. The zero-order valence-corrected chi connectivity index (χ0v) is 17.4. The van der Waals surface area contributed by atoms with E-state index < -0.39 is 0 Å². The van der Waals surface area contributed by atoms with Crippen LogP contribution in [0.2, 0.25) is 0 Å². The molecule has 4 rings (SSSR count). The minimum absolute atomic E-state index is 0.196. The summed E-state index contributed by atoms with van der Waals surface area (Å²) in [5.74, 6) is 0.510. The molecule has 0 saturated heterocycles. The second kappa shape index (κ2) is 9.65. The van der Waals surface area contributed by atoms with Crippen molar-refractivity contribution in [3.8, 4) is 22.7 Å². The molecular weight excluding hydrogens is 410 g/mol. The largest absolute Gasteiger partial charge is 0.494 e. The van der Waals surface area contributed by atoms with Gasteiger partial charge in [-0.2, -0.15) is 0 Å². The summed E-state index contributed by atoms with van der Waals surface area (Å²) in [5, 5.41) is 13.8. The number of tetrazole rings is 1. The van der Waals surface area contributed by atoms with Gasteiger partial charge in [0, 0.05) is 30.3 Å². The van der Waals surface area contributed by atoms with Crippen molar-refractivity contribution in [2.75, 3.05) is 13.2 Å². The molecule has 0 bridgehead atoms. The maximum absolute atomic E-state index is 12.5. The van der Waals surface area contributed by atoms with Gasteiger partial charge in [-0.25, -0.2) is 9.67 Å². The number of carbonyl (C=O) groups excluding carboxylic acids is 1. The summed E-state index contributed by atoms with van der Waals surface area (Å²) in [7, 11) is 0. The van der Waals surface area contributed by atoms with Crippen LogP contribution in [-0.4, -0.2) is 48.8 Å². The molecule has 0 saturated carbocycles. The van der Waals surface area contributed by atoms with Crippen molar-refractivity contribution < 1.29 is 9.53 Å². The molecule has 0 aliphatic carbocycles. The van der Waals surface area contributed by atoms with E-state index in [1.807, 2.05) is 31.2 Å². The molecule has 0 atom stereocenters. The standard InChI is InChI=1S/C22H21N7O3/c1-2-32-19-8-6-16(7-9-19)20-13-21(30)28(14-24-20)11-10-23-22(31)17-4-3-5-18(12-17)29-15-25-26-27-29/h3-9,12-15H,2,10-11H2,1H3,(H,23,31). The number of hydrogen-bond acceptors (Lipinski definition) is 7. The van der Waals surface area contributed by atoms with Gasteiger partial charge in [-0.3, -0.25) is 14.2 Å². The lowest BCUT2D eigenvalue weighted by molar-refractivity contribution is 0.0952. The fourth-order valence-electron chi connectivity index (χ4n) is 3.10. The molecular formula is C22H21N7O3. The summed E-state index contributed by atoms with van der Waals surface area (Å²) in [6.07, 6.45) is 2.94. The van der Waals surface area contributed by atoms with Crippen molar-refractivity contribution in [2.45, 2.75) is 13.5 Å². The highest BCUT2D eigenvalue weighted by Crippen LogP contribution is 2.19. The summed E-state index contributed by atoms with van der Waals surface area (Å²) in [4.78, 5) is 29.3. The molecule has 32 heavy (non-hydrogen) atoms. The molecule has 1 amide bonds. The number of aromatic nitrogens is 6. The summed E-state index contributed by atoms with van der Waals surface area (Å²) >= 11 is 0. The Morgan fingerprint density at radius 2 is 1.94 bits per heavy atom. The van der Waals surface area contributed by atoms with Crippen molar-refractivity contribution in [1.82, 2.24) is 35.1 Å². The fourth-order valence-corrected chi connectivity index (χ4v) is 3.10. The lowest BCUT2D eigenvalue weighted by atomic mass is 10.1. The number of nitrogens with zero attached hydrogens (tertiary/aromatic N) is 6. The quantitative estimate of drug-likeness (QED) is 0.451. The maximum atomic E-state index is 12.5. The van der Waals surface area contributed by atoms with Crippen molar-refractivity contribution in [3.63, 3.8) is 0 Å². The third kappa shape index (κ3) is 4.86. The van der Waals surface area contributed by atoms with Crippen LogP contribution in [0, 0.1) is 0 Å². The van der Waals surface area contributed by atoms with Gasteiger partial charge in [-0.05, 0) is 59.8 Å². The number of benzene rings is 2. The van der Waals surface area contributed by atoms with Gasteiger partial charge in [-0.15, -0.1) is 5.10 Å². The average Bonchev–Trinajstić information content (AvgIpc) is 3.36. The molecule has 10 heteroatoms. The zero-order valence-electron chi connectivity index (χ0n) is 17.4. The Labute approximate surface area is 183 Å². The van der Waals surface area contributed by atoms with Gasteiger partial charge in [0.2, 0.25) is 0 Å². The third-order valence-electron chi connectivity index (χ3n) is 4.70. The van der Waals surface area contributed by atoms with Crippen molar-refractivity contribution >= 4 is 5.91 Å². The smallest absolute Gasteiger partial charge is 0.253 e. The Bertz CT molecular complexity index is 1250. The van der Waals surface area contributed by atoms with E-state index in [1.165, 1.54) is 28.0 Å². The Morgan fingerprint density at radius 3 is 2.66 bits per heavy atom. The lowest BCUT2D eigenvalue weighted by Gasteiger charge is -2.09. The Hall–Kier alpha value is -4.34. The second-order valence-corrected chi connectivity index (χ2v) is 6.82. The monoisotopic (exact) mass is 431 g/mol. The first-order chi connectivity index (χ1) is 15.6. The molecule has 2 aromatic heterocycles. The van der Waals surface area contributed by atoms with E-state index in [0.717, 1.165) is 11.3 Å². The van der Waals surface area contributed by atoms with Crippen molar-refractivity contribution in [1.29, 1.82) is 0 Å². The Balaban J connectivity index is 1.36. The highest BCUT2D eigenvalue weighted by Gasteiger charge is 2.08. The summed E-state index contributed by atoms with van der Waals surface area (Å²) in [5.41, 5.74) is 2.35. The molecule has 0 aliphatic rings. The maximum Gasteiger partial charge on any atom is 0.253 e. The van der Waals surface area contributed by atoms with Gasteiger partial charge in [0.15, 0.2) is 0 Å². The zero-order chi connectivity index (χ0) is 22.3. The van der Waals surface area contributed by atoms with Crippen LogP contribution < -0.4 is 15.6 Å². The van der Waals surface area contributed by atoms with Crippen LogP contribution in [0.4, 0.5) is 0 Å². The molecule has 2 heterocycles. The number of carbonyl (C=O) groups is 1. The highest BCUT2D eigenvalue weighted by molar-refractivity contribution is 5.94. The van der Waals surface area contributed by atoms with Gasteiger partial charge >= 0.3 is 0 Å². The molecule has 162 valence electrons. The van der Waals surface area contributed by atoms with Crippen LogP contribution in [0.5, 0.6) is 5.75 Å². The Kier molecular flexibility index (Phi) is 6.30. The highest BCUT2D eigenvalue weighted by atomic mass is 16.5. The number of nitrogens with one attached hydrogen (secondary N) is 1. The normalized spacial score (nSPS) is 10.7. The molecule has 2 aromatic carbocycles. The summed E-state index contributed by atoms with van der Waals surface area (Å²) in [6, 6.07) is 15.8. The van der Waals surface area contributed by atoms with Gasteiger partial charge in [-0.1, -0.05) is 6.07 Å². The Morgan fingerprint density at radius 1 is 1.09 bits per heavy atom. The topological polar surface area (TPSA) is 117 Å². The molecule has 0 fully saturated rings. The fraction of sp³-hybridized carbons (Fsp3) is 0.182. The first-order valence-electron chi connectivity index (χ1n) is 10.1. The first-order valence-corrected chi connectivity index (χ1v) is 10.1. The van der Waals surface area contributed by atoms with E-state index in [0.29, 0.717) is 30.1 Å². The SMILES string of the molecule is CCOc1ccc(-c2cc(=O)n(CCNC(=O)c3cccc(-n4cnnn4)c3)cn2)cc1. The van der Waals surface area contributed by atoms with Crippen LogP contribution in [0.25, 0.3) is 16.9 Å². The summed E-state index contributed by atoms with van der Waals surface area (Å²) in [6.45, 7) is 3.09. The van der Waals surface area contributed by atoms with Gasteiger partial charge in [0.1, 0.15) is 12.1 Å². The predicted octanol–water partition coefficient (Wildman–Crippen LogP) is 1.71. The van der Waals surface area contributed by atoms with Crippen LogP contribution in [0.3, 0.4) is 0 Å². The van der Waals surface area contributed by atoms with Crippen LogP contribution in [0.15, 0.2) is 72.0 Å². The third-order valence-corrected chi connectivity index (χ3v) is 4.70. The summed E-state index contributed by atoms with van der Waals surface area (Å²) < 4.78 is 8.35. The first kappa shape index (κ1) is 20.9. The minimum atomic E-state index is -0.257. The lowest BCUT2D eigenvalue weighted by Crippen LogP contribution is -2.30. The van der Waals surface area contributed by atoms with Crippen LogP contribution >= 0.6 is 0 Å². The molecule has 4 aromatic rings. The number of amides is 1. The van der Waals surface area contributed by atoms with E-state index in [2.05, 4.69) is 25.8 Å². The van der Waals surface area contributed by atoms with Crippen molar-refractivity contribution in [3.05, 3.63) is 83.2 Å². The van der Waals surface area contributed by atoms with E-state index in [1.54, 1.807) is 24.3 Å². The van der Waals surface area contributed by atoms with E-state index >= 15 is 0 Å². The molecule has 0 radical (unpaired) electrons. The molecule has 0 unspecified atom stereocenters. The number of hydrogen-bond donors (Lipinski definition) is 1. The van der Waals surface area contributed by atoms with Gasteiger partial charge in [0.05, 0.1) is 24.3 Å². The molecule has 0 aliphatic heterocycles. The number of rotatable bonds is 8. The molecule has 1 N–H and O–H groups in total. The van der Waals surface area contributed by atoms with Crippen molar-refractivity contribution in [2.24, 2.45) is 0 Å². The molecule has 10 nitrogen and oxygen atoms in total. The van der Waals surface area contributed by atoms with Gasteiger partial charge in [0.25, 0.3) is 11.5 Å². The minimum Gasteiger partial charge on any atom is -0.494 e. The van der Waals surface area contributed by atoms with E-state index in [9.17, 15) is 9.59 Å². The van der Waals surface area contributed by atoms with Gasteiger partial charge < -0.3 is 10.1 Å². The average molecular weight is 431 g/mol. The van der Waals surface area contributed by atoms with E-state index in [-0.39, 0.29) is 18.0 Å². The van der Waals surface area contributed by atoms with E-state index in [4.69, 9.17) is 4.74 Å². The predicted molar refractivity (Wildman–Crippen MR) is 117 cm³/mol. The second-order valence-electron chi connectivity index (χ2n) is 6.82. The number of ether oxygens (including phenoxy) is 1. The van der Waals surface area contributed by atoms with Crippen LogP contribution in [0.1, 0.15) is 17.3 Å². The van der Waals surface area contributed by atoms with Crippen LogP contribution in [-0.2, 0) is 6.54 Å².